The van der Waals surface area contributed by atoms with E-state index in [-0.39, 0.29) is 72.7 Å². The molecule has 0 unspecified atom stereocenters. The van der Waals surface area contributed by atoms with Gasteiger partial charge in [0.1, 0.15) is 61.0 Å². The zero-order valence-corrected chi connectivity index (χ0v) is 56.0. The minimum atomic E-state index is -1.30. The number of carbonyl (C=O) groups is 1. The normalized spacial score (nSPS) is 25.4. The van der Waals surface area contributed by atoms with Crippen molar-refractivity contribution in [2.75, 3.05) is 13.2 Å². The molecule has 0 saturated carbocycles. The first-order valence-electron chi connectivity index (χ1n) is 34.1. The fraction of sp³-hybridized carbons (Fsp3) is 0.337. The number of carbonyl (C=O) groups excluding carboxylic acids is 1. The monoisotopic (exact) mass is 1340 g/mol. The minimum absolute atomic E-state index is 0.0241. The Morgan fingerprint density at radius 2 is 0.505 bits per heavy atom. The standard InChI is InChI=1S/C83H88O16/c1-59-72(95-60(2)84)75(87-50-63-34-16-5-17-35-63)79(91-54-67-42-24-9-25-43-67)82(94-59)98-74-71(58-86-49-62-32-14-4-15-33-62)97-83(80(92-55-68-44-26-10-27-45-68)77(74)89-52-65-38-20-7-21-39-65)99-73-70(57-85-48-61-30-12-3-13-31-61)96-81(93-56-69-46-28-11-29-47-69)78(90-53-66-40-22-8-23-41-66)76(73)88-51-64-36-18-6-19-37-64/h3-47,59,70-83H,48-58H2,1-2H3/t59-,70-,71-,72+,73-,74-,75+,76+,77+,78-,79-,80-,81-,82-,83-/m1/s1. The van der Waals surface area contributed by atoms with Crippen molar-refractivity contribution in [3.63, 3.8) is 0 Å². The van der Waals surface area contributed by atoms with Gasteiger partial charge in [0.05, 0.1) is 78.8 Å². The van der Waals surface area contributed by atoms with Crippen LogP contribution in [-0.4, -0.2) is 111 Å². The third-order valence-electron chi connectivity index (χ3n) is 17.6. The molecule has 0 aliphatic carbocycles. The lowest BCUT2D eigenvalue weighted by Crippen LogP contribution is -2.68. The molecule has 9 aromatic rings. The van der Waals surface area contributed by atoms with Gasteiger partial charge in [-0.05, 0) is 57.0 Å². The summed E-state index contributed by atoms with van der Waals surface area (Å²) in [5, 5.41) is 0. The maximum absolute atomic E-state index is 13.2. The lowest BCUT2D eigenvalue weighted by Gasteiger charge is -2.51. The molecular weight excluding hydrogens is 1250 g/mol. The Hall–Kier alpha value is -8.11. The third-order valence-corrected chi connectivity index (χ3v) is 17.6. The fourth-order valence-electron chi connectivity index (χ4n) is 12.5. The highest BCUT2D eigenvalue weighted by molar-refractivity contribution is 5.66. The Bertz CT molecular complexity index is 3700. The van der Waals surface area contributed by atoms with Crippen molar-refractivity contribution >= 4 is 5.97 Å². The summed E-state index contributed by atoms with van der Waals surface area (Å²) in [5.41, 5.74) is 8.25. The summed E-state index contributed by atoms with van der Waals surface area (Å²) in [6.07, 6.45) is -15.2. The maximum atomic E-state index is 13.2. The van der Waals surface area contributed by atoms with Crippen LogP contribution >= 0.6 is 0 Å². The molecule has 0 bridgehead atoms. The second-order valence-electron chi connectivity index (χ2n) is 24.9. The molecule has 3 heterocycles. The second kappa shape index (κ2) is 37.4. The topological polar surface area (TPSA) is 156 Å². The first-order chi connectivity index (χ1) is 48.8. The summed E-state index contributed by atoms with van der Waals surface area (Å²) in [7, 11) is 0. The average molecular weight is 1340 g/mol. The van der Waals surface area contributed by atoms with E-state index in [1.165, 1.54) is 6.92 Å². The van der Waals surface area contributed by atoms with Crippen molar-refractivity contribution in [2.45, 2.75) is 165 Å². The van der Waals surface area contributed by atoms with Crippen molar-refractivity contribution < 1.29 is 75.8 Å². The Morgan fingerprint density at radius 1 is 0.273 bits per heavy atom. The zero-order chi connectivity index (χ0) is 67.6. The van der Waals surface area contributed by atoms with Crippen molar-refractivity contribution in [1.82, 2.24) is 0 Å². The van der Waals surface area contributed by atoms with Gasteiger partial charge in [0, 0.05) is 6.92 Å². The van der Waals surface area contributed by atoms with Crippen LogP contribution in [0.5, 0.6) is 0 Å². The van der Waals surface area contributed by atoms with Gasteiger partial charge in [-0.15, -0.1) is 0 Å². The molecule has 99 heavy (non-hydrogen) atoms. The largest absolute Gasteiger partial charge is 0.457 e. The van der Waals surface area contributed by atoms with E-state index >= 15 is 0 Å². The number of hydrogen-bond acceptors (Lipinski definition) is 16. The van der Waals surface area contributed by atoms with Gasteiger partial charge in [-0.25, -0.2) is 0 Å². The van der Waals surface area contributed by atoms with Gasteiger partial charge < -0.3 is 71.1 Å². The molecule has 12 rings (SSSR count). The van der Waals surface area contributed by atoms with Crippen molar-refractivity contribution in [1.29, 1.82) is 0 Å². The van der Waals surface area contributed by atoms with Crippen LogP contribution in [0.3, 0.4) is 0 Å². The molecule has 9 aromatic carbocycles. The first kappa shape index (κ1) is 70.7. The highest BCUT2D eigenvalue weighted by atomic mass is 16.8. The summed E-state index contributed by atoms with van der Waals surface area (Å²) >= 11 is 0. The van der Waals surface area contributed by atoms with Crippen LogP contribution in [0.15, 0.2) is 273 Å². The predicted octanol–water partition coefficient (Wildman–Crippen LogP) is 14.0. The van der Waals surface area contributed by atoms with Gasteiger partial charge in [-0.2, -0.15) is 0 Å². The summed E-state index contributed by atoms with van der Waals surface area (Å²) in [4.78, 5) is 13.2. The van der Waals surface area contributed by atoms with Crippen LogP contribution in [0.1, 0.15) is 63.9 Å². The number of ether oxygens (including phenoxy) is 15. The van der Waals surface area contributed by atoms with E-state index < -0.39 is 98.1 Å². The smallest absolute Gasteiger partial charge is 0.303 e. The van der Waals surface area contributed by atoms with Crippen LogP contribution in [0.25, 0.3) is 0 Å². The number of benzene rings is 9. The van der Waals surface area contributed by atoms with E-state index in [0.29, 0.717) is 0 Å². The van der Waals surface area contributed by atoms with E-state index in [9.17, 15) is 4.79 Å². The van der Waals surface area contributed by atoms with Crippen molar-refractivity contribution in [3.8, 4) is 0 Å². The fourth-order valence-corrected chi connectivity index (χ4v) is 12.5. The van der Waals surface area contributed by atoms with E-state index in [0.717, 1.165) is 50.1 Å². The molecule has 0 radical (unpaired) electrons. The molecular formula is C83H88O16. The van der Waals surface area contributed by atoms with E-state index in [4.69, 9.17) is 71.1 Å². The van der Waals surface area contributed by atoms with E-state index in [2.05, 4.69) is 0 Å². The molecule has 16 heteroatoms. The molecule has 0 amide bonds. The third kappa shape index (κ3) is 20.8. The second-order valence-corrected chi connectivity index (χ2v) is 24.9. The van der Waals surface area contributed by atoms with Gasteiger partial charge in [0.2, 0.25) is 0 Å². The van der Waals surface area contributed by atoms with Crippen molar-refractivity contribution in [2.24, 2.45) is 0 Å². The molecule has 16 nitrogen and oxygen atoms in total. The first-order valence-corrected chi connectivity index (χ1v) is 34.1. The van der Waals surface area contributed by atoms with Gasteiger partial charge in [-0.3, -0.25) is 4.79 Å². The summed E-state index contributed by atoms with van der Waals surface area (Å²) < 4.78 is 107. The SMILES string of the molecule is CC(=O)O[C@@H]1[C@H](OCc2ccccc2)[C@@H](OCc2ccccc2)[C@@H](O[C@H]2[C@H](OCc3ccccc3)[C@@H](OCc3ccccc3)[C@@H](O[C@H]3[C@H](OCc4ccccc4)[C@@H](OCc4ccccc4)[C@H](OCc4ccccc4)O[C@@H]3COCc3ccccc3)O[C@@H]2COCc2ccccc2)O[C@@H]1C. The molecule has 0 spiro atoms. The Kier molecular flexibility index (Phi) is 26.7. The average Bonchev–Trinajstić information content (AvgIpc) is 0.766. The van der Waals surface area contributed by atoms with Gasteiger partial charge in [0.25, 0.3) is 0 Å². The lowest BCUT2D eigenvalue weighted by molar-refractivity contribution is -0.393. The summed E-state index contributed by atoms with van der Waals surface area (Å²) in [6.45, 7) is 4.70. The van der Waals surface area contributed by atoms with Crippen LogP contribution < -0.4 is 0 Å². The summed E-state index contributed by atoms with van der Waals surface area (Å²) in [6, 6.07) is 89.3. The van der Waals surface area contributed by atoms with Gasteiger partial charge in [-0.1, -0.05) is 273 Å². The lowest BCUT2D eigenvalue weighted by atomic mass is 9.95. The number of rotatable bonds is 34. The minimum Gasteiger partial charge on any atom is -0.457 e. The van der Waals surface area contributed by atoms with E-state index in [1.807, 2.05) is 280 Å². The quantitative estimate of drug-likeness (QED) is 0.0351. The summed E-state index contributed by atoms with van der Waals surface area (Å²) in [5.74, 6) is -0.509. The highest BCUT2D eigenvalue weighted by Gasteiger charge is 2.57. The Balaban J connectivity index is 0.976. The molecule has 3 aliphatic rings. The van der Waals surface area contributed by atoms with Crippen molar-refractivity contribution in [3.05, 3.63) is 323 Å². The predicted molar refractivity (Wildman–Crippen MR) is 370 cm³/mol. The van der Waals surface area contributed by atoms with Crippen LogP contribution in [0.4, 0.5) is 0 Å². The molecule has 3 fully saturated rings. The van der Waals surface area contributed by atoms with Crippen LogP contribution in [0, 0.1) is 0 Å². The van der Waals surface area contributed by atoms with Gasteiger partial charge in [0.15, 0.2) is 25.0 Å². The molecule has 0 N–H and O–H groups in total. The van der Waals surface area contributed by atoms with Crippen LogP contribution in [0.2, 0.25) is 0 Å². The van der Waals surface area contributed by atoms with Crippen LogP contribution in [-0.2, 0) is 135 Å². The molecule has 15 atom stereocenters. The zero-order valence-electron chi connectivity index (χ0n) is 56.0. The maximum Gasteiger partial charge on any atom is 0.303 e. The molecule has 3 aliphatic heterocycles. The Labute approximate surface area is 580 Å². The molecule has 516 valence electrons. The molecule has 3 saturated heterocycles. The van der Waals surface area contributed by atoms with E-state index in [1.54, 1.807) is 0 Å². The number of esters is 1. The van der Waals surface area contributed by atoms with Gasteiger partial charge >= 0.3 is 5.97 Å². The molecule has 0 aromatic heterocycles. The number of hydrogen-bond donors (Lipinski definition) is 0. The Morgan fingerprint density at radius 3 is 0.798 bits per heavy atom. The highest BCUT2D eigenvalue weighted by Crippen LogP contribution is 2.40.